The third-order valence-electron chi connectivity index (χ3n) is 5.03. The Bertz CT molecular complexity index is 647. The van der Waals surface area contributed by atoms with Gasteiger partial charge in [0.15, 0.2) is 0 Å². The Morgan fingerprint density at radius 3 is 2.16 bits per heavy atom. The molecule has 3 rings (SSSR count). The van der Waals surface area contributed by atoms with E-state index in [-0.39, 0.29) is 0 Å². The van der Waals surface area contributed by atoms with Gasteiger partial charge in [0.25, 0.3) is 0 Å². The number of ether oxygens (including phenoxy) is 1. The number of benzene rings is 2. The molecule has 1 aliphatic rings. The van der Waals surface area contributed by atoms with Crippen LogP contribution in [0.5, 0.6) is 0 Å². The van der Waals surface area contributed by atoms with Crippen LogP contribution in [0.4, 0.5) is 0 Å². The molecule has 2 aromatic carbocycles. The number of esters is 1. The molecule has 1 saturated heterocycles. The lowest BCUT2D eigenvalue weighted by molar-refractivity contribution is -0.162. The molecule has 132 valence electrons. The first-order chi connectivity index (χ1) is 12.1. The van der Waals surface area contributed by atoms with E-state index in [2.05, 4.69) is 11.9 Å². The minimum atomic E-state index is -1.79. The predicted molar refractivity (Wildman–Crippen MR) is 97.1 cm³/mol. The van der Waals surface area contributed by atoms with Gasteiger partial charge in [-0.15, -0.1) is 0 Å². The Hall–Kier alpha value is -2.17. The second-order valence-electron chi connectivity index (χ2n) is 6.64. The SMILES string of the molecule is CN1CCCC1CCOC(=O)C(O)(c1ccccc1)c1ccccc1. The van der Waals surface area contributed by atoms with E-state index in [1.807, 2.05) is 36.4 Å². The number of rotatable bonds is 6. The van der Waals surface area contributed by atoms with Crippen molar-refractivity contribution < 1.29 is 14.6 Å². The molecule has 2 aromatic rings. The summed E-state index contributed by atoms with van der Waals surface area (Å²) >= 11 is 0. The second kappa shape index (κ2) is 7.81. The summed E-state index contributed by atoms with van der Waals surface area (Å²) in [6.45, 7) is 1.41. The summed E-state index contributed by atoms with van der Waals surface area (Å²) in [5.74, 6) is -0.620. The van der Waals surface area contributed by atoms with Crippen LogP contribution in [-0.4, -0.2) is 42.2 Å². The number of nitrogens with zero attached hydrogens (tertiary/aromatic N) is 1. The maximum atomic E-state index is 12.8. The maximum absolute atomic E-state index is 12.8. The minimum absolute atomic E-state index is 0.315. The Labute approximate surface area is 149 Å². The van der Waals surface area contributed by atoms with Crippen molar-refractivity contribution in [2.24, 2.45) is 0 Å². The van der Waals surface area contributed by atoms with Gasteiger partial charge in [0.1, 0.15) is 0 Å². The van der Waals surface area contributed by atoms with Crippen LogP contribution in [0.25, 0.3) is 0 Å². The molecule has 4 nitrogen and oxygen atoms in total. The highest BCUT2D eigenvalue weighted by Gasteiger charge is 2.41. The third kappa shape index (κ3) is 3.75. The summed E-state index contributed by atoms with van der Waals surface area (Å²) < 4.78 is 5.51. The summed E-state index contributed by atoms with van der Waals surface area (Å²) in [5, 5.41) is 11.3. The Kier molecular flexibility index (Phi) is 5.51. The molecular formula is C21H25NO3. The molecule has 1 heterocycles. The van der Waals surface area contributed by atoms with Crippen molar-refractivity contribution in [1.82, 2.24) is 4.90 Å². The third-order valence-corrected chi connectivity index (χ3v) is 5.03. The van der Waals surface area contributed by atoms with Gasteiger partial charge in [-0.25, -0.2) is 4.79 Å². The molecule has 1 N–H and O–H groups in total. The van der Waals surface area contributed by atoms with Crippen LogP contribution in [0, 0.1) is 0 Å². The molecule has 4 heteroatoms. The number of carbonyl (C=O) groups is 1. The quantitative estimate of drug-likeness (QED) is 0.822. The fourth-order valence-electron chi connectivity index (χ4n) is 3.50. The average Bonchev–Trinajstić information content (AvgIpc) is 3.07. The van der Waals surface area contributed by atoms with Crippen LogP contribution >= 0.6 is 0 Å². The Balaban J connectivity index is 1.76. The lowest BCUT2D eigenvalue weighted by Gasteiger charge is -2.27. The molecule has 0 spiro atoms. The molecule has 0 aliphatic carbocycles. The molecule has 1 fully saturated rings. The predicted octanol–water partition coefficient (Wildman–Crippen LogP) is 2.95. The van der Waals surface area contributed by atoms with Crippen LogP contribution in [-0.2, 0) is 15.1 Å². The number of carbonyl (C=O) groups excluding carboxylic acids is 1. The van der Waals surface area contributed by atoms with Crippen molar-refractivity contribution in [3.63, 3.8) is 0 Å². The summed E-state index contributed by atoms with van der Waals surface area (Å²) in [5.41, 5.74) is -0.752. The number of aliphatic hydroxyl groups is 1. The Morgan fingerprint density at radius 2 is 1.68 bits per heavy atom. The fraction of sp³-hybridized carbons (Fsp3) is 0.381. The monoisotopic (exact) mass is 339 g/mol. The summed E-state index contributed by atoms with van der Waals surface area (Å²) in [6.07, 6.45) is 3.12. The smallest absolute Gasteiger partial charge is 0.347 e. The van der Waals surface area contributed by atoms with Gasteiger partial charge in [-0.2, -0.15) is 0 Å². The van der Waals surface area contributed by atoms with Gasteiger partial charge >= 0.3 is 5.97 Å². The second-order valence-corrected chi connectivity index (χ2v) is 6.64. The molecule has 0 aromatic heterocycles. The molecule has 0 amide bonds. The van der Waals surface area contributed by atoms with E-state index >= 15 is 0 Å². The summed E-state index contributed by atoms with van der Waals surface area (Å²) in [6, 6.07) is 18.4. The van der Waals surface area contributed by atoms with E-state index < -0.39 is 11.6 Å². The highest BCUT2D eigenvalue weighted by atomic mass is 16.5. The highest BCUT2D eigenvalue weighted by molar-refractivity contribution is 5.85. The van der Waals surface area contributed by atoms with Crippen LogP contribution in [0.2, 0.25) is 0 Å². The van der Waals surface area contributed by atoms with Gasteiger partial charge < -0.3 is 14.7 Å². The van der Waals surface area contributed by atoms with Crippen LogP contribution in [0.15, 0.2) is 60.7 Å². The first-order valence-electron chi connectivity index (χ1n) is 8.83. The molecule has 0 bridgehead atoms. The van der Waals surface area contributed by atoms with Crippen molar-refractivity contribution in [3.8, 4) is 0 Å². The largest absolute Gasteiger partial charge is 0.463 e. The van der Waals surface area contributed by atoms with Gasteiger partial charge in [-0.3, -0.25) is 0 Å². The van der Waals surface area contributed by atoms with Gasteiger partial charge in [0.2, 0.25) is 5.60 Å². The zero-order chi connectivity index (χ0) is 17.7. The van der Waals surface area contributed by atoms with Crippen molar-refractivity contribution in [3.05, 3.63) is 71.8 Å². The van der Waals surface area contributed by atoms with Crippen LogP contribution in [0.1, 0.15) is 30.4 Å². The highest BCUT2D eigenvalue weighted by Crippen LogP contribution is 2.31. The van der Waals surface area contributed by atoms with Crippen molar-refractivity contribution >= 4 is 5.97 Å². The number of hydrogen-bond donors (Lipinski definition) is 1. The van der Waals surface area contributed by atoms with Gasteiger partial charge in [-0.1, -0.05) is 60.7 Å². The lowest BCUT2D eigenvalue weighted by atomic mass is 9.86. The molecule has 0 radical (unpaired) electrons. The van der Waals surface area contributed by atoms with Gasteiger partial charge in [-0.05, 0) is 44.0 Å². The molecule has 25 heavy (non-hydrogen) atoms. The standard InChI is InChI=1S/C21H25NO3/c1-22-15-8-13-19(22)14-16-25-20(23)21(24,17-9-4-2-5-10-17)18-11-6-3-7-12-18/h2-7,9-12,19,24H,8,13-16H2,1H3. The average molecular weight is 339 g/mol. The first-order valence-corrected chi connectivity index (χ1v) is 8.83. The zero-order valence-electron chi connectivity index (χ0n) is 14.6. The van der Waals surface area contributed by atoms with Crippen LogP contribution in [0.3, 0.4) is 0 Å². The van der Waals surface area contributed by atoms with Crippen molar-refractivity contribution in [2.45, 2.75) is 30.9 Å². The topological polar surface area (TPSA) is 49.8 Å². The molecule has 1 atom stereocenters. The minimum Gasteiger partial charge on any atom is -0.463 e. The Morgan fingerprint density at radius 1 is 1.12 bits per heavy atom. The summed E-state index contributed by atoms with van der Waals surface area (Å²) in [4.78, 5) is 15.1. The van der Waals surface area contributed by atoms with E-state index in [0.29, 0.717) is 23.8 Å². The van der Waals surface area contributed by atoms with E-state index in [1.54, 1.807) is 24.3 Å². The van der Waals surface area contributed by atoms with E-state index in [1.165, 1.54) is 6.42 Å². The lowest BCUT2D eigenvalue weighted by Crippen LogP contribution is -2.39. The normalized spacial score (nSPS) is 18.2. The molecule has 0 saturated carbocycles. The van der Waals surface area contributed by atoms with Crippen molar-refractivity contribution in [1.29, 1.82) is 0 Å². The number of hydrogen-bond acceptors (Lipinski definition) is 4. The first kappa shape index (κ1) is 17.6. The van der Waals surface area contributed by atoms with Gasteiger partial charge in [0.05, 0.1) is 6.61 Å². The summed E-state index contributed by atoms with van der Waals surface area (Å²) in [7, 11) is 2.10. The molecule has 1 aliphatic heterocycles. The molecule has 1 unspecified atom stereocenters. The number of likely N-dealkylation sites (tertiary alicyclic amines) is 1. The molecular weight excluding hydrogens is 314 g/mol. The zero-order valence-corrected chi connectivity index (χ0v) is 14.6. The van der Waals surface area contributed by atoms with E-state index in [9.17, 15) is 9.90 Å². The fourth-order valence-corrected chi connectivity index (χ4v) is 3.50. The van der Waals surface area contributed by atoms with Crippen LogP contribution < -0.4 is 0 Å². The van der Waals surface area contributed by atoms with Crippen molar-refractivity contribution in [2.75, 3.05) is 20.2 Å². The van der Waals surface area contributed by atoms with Gasteiger partial charge in [0, 0.05) is 6.04 Å². The maximum Gasteiger partial charge on any atom is 0.347 e. The van der Waals surface area contributed by atoms with E-state index in [4.69, 9.17) is 4.74 Å². The van der Waals surface area contributed by atoms with E-state index in [0.717, 1.165) is 19.4 Å².